The molecule has 2 N–H and O–H groups in total. The number of nitrogens with one attached hydrogen (secondary N) is 2. The molecule has 1 amide bonds. The van der Waals surface area contributed by atoms with Crippen LogP contribution in [-0.4, -0.2) is 56.1 Å². The number of H-pyrrole nitrogens is 1. The summed E-state index contributed by atoms with van der Waals surface area (Å²) in [5, 5.41) is 12.2. The van der Waals surface area contributed by atoms with Gasteiger partial charge in [-0.1, -0.05) is 17.7 Å². The van der Waals surface area contributed by atoms with E-state index in [2.05, 4.69) is 25.6 Å². The number of hydrogen-bond donors (Lipinski definition) is 2. The number of carbonyl (C=O) groups is 2. The lowest BCUT2D eigenvalue weighted by Gasteiger charge is -2.23. The molecule has 2 aliphatic carbocycles. The van der Waals surface area contributed by atoms with Gasteiger partial charge in [0.25, 0.3) is 12.3 Å². The molecular weight excluding hydrogens is 750 g/mol. The summed E-state index contributed by atoms with van der Waals surface area (Å²) < 4.78 is 113. The number of aromatic amines is 1. The van der Waals surface area contributed by atoms with Crippen LogP contribution in [0.15, 0.2) is 48.7 Å². The van der Waals surface area contributed by atoms with Crippen LogP contribution >= 0.6 is 11.6 Å². The van der Waals surface area contributed by atoms with Gasteiger partial charge in [0.15, 0.2) is 15.6 Å². The van der Waals surface area contributed by atoms with Crippen molar-refractivity contribution in [3.63, 3.8) is 0 Å². The summed E-state index contributed by atoms with van der Waals surface area (Å²) in [4.78, 5) is 31.6. The van der Waals surface area contributed by atoms with Crippen LogP contribution in [0.25, 0.3) is 22.2 Å². The number of sulfone groups is 1. The first-order chi connectivity index (χ1) is 24.9. The van der Waals surface area contributed by atoms with Crippen LogP contribution in [0.2, 0.25) is 5.02 Å². The predicted molar refractivity (Wildman–Crippen MR) is 180 cm³/mol. The third kappa shape index (κ3) is 6.80. The SMILES string of the molecule is CC(C)S(=O)(=O)CC(=O)c1cc(-c2cc3[nH]ncc3nc2C(Cc2cc(F)cc(F)c2)NC(=O)Cn2nc(C(F)F)c3c2C(F)(F)C2C[C@H]32)ccc1Cl. The number of ketones is 1. The van der Waals surface area contributed by atoms with Crippen LogP contribution in [-0.2, 0) is 33.5 Å². The Morgan fingerprint density at radius 1 is 1.08 bits per heavy atom. The molecule has 7 rings (SSSR count). The van der Waals surface area contributed by atoms with Crippen LogP contribution in [0.1, 0.15) is 77.2 Å². The minimum atomic E-state index is -3.82. The first kappa shape index (κ1) is 36.6. The first-order valence-corrected chi connectivity index (χ1v) is 18.4. The summed E-state index contributed by atoms with van der Waals surface area (Å²) in [6, 6.07) is 7.22. The molecule has 10 nitrogen and oxygen atoms in total. The van der Waals surface area contributed by atoms with Gasteiger partial charge in [-0.2, -0.15) is 19.0 Å². The van der Waals surface area contributed by atoms with Crippen LogP contribution in [0.4, 0.5) is 26.3 Å². The molecule has 0 radical (unpaired) electrons. The van der Waals surface area contributed by atoms with Gasteiger partial charge in [-0.3, -0.25) is 19.4 Å². The number of rotatable bonds is 12. The Bertz CT molecular complexity index is 2400. The second kappa shape index (κ2) is 13.3. The van der Waals surface area contributed by atoms with Crippen molar-refractivity contribution in [3.05, 3.63) is 99.1 Å². The molecule has 2 unspecified atom stereocenters. The van der Waals surface area contributed by atoms with Gasteiger partial charge in [-0.15, -0.1) is 0 Å². The van der Waals surface area contributed by atoms with E-state index in [1.54, 1.807) is 6.07 Å². The summed E-state index contributed by atoms with van der Waals surface area (Å²) in [5.74, 6) is -9.85. The second-order valence-corrected chi connectivity index (χ2v) is 16.4. The zero-order valence-electron chi connectivity index (χ0n) is 27.8. The molecule has 0 aliphatic heterocycles. The topological polar surface area (TPSA) is 140 Å². The van der Waals surface area contributed by atoms with Gasteiger partial charge in [-0.05, 0) is 74.1 Å². The molecule has 0 bridgehead atoms. The molecule has 1 saturated carbocycles. The third-order valence-corrected chi connectivity index (χ3v) is 12.0. The van der Waals surface area contributed by atoms with E-state index < -0.39 is 92.3 Å². The number of nitrogens with zero attached hydrogens (tertiary/aromatic N) is 4. The highest BCUT2D eigenvalue weighted by Gasteiger charge is 2.67. The molecule has 2 aromatic carbocycles. The highest BCUT2D eigenvalue weighted by atomic mass is 35.5. The number of halogens is 7. The van der Waals surface area contributed by atoms with Gasteiger partial charge in [0.05, 0.1) is 33.7 Å². The molecule has 1 fully saturated rings. The fourth-order valence-electron chi connectivity index (χ4n) is 6.86. The zero-order chi connectivity index (χ0) is 38.1. The zero-order valence-corrected chi connectivity index (χ0v) is 29.4. The molecule has 0 spiro atoms. The summed E-state index contributed by atoms with van der Waals surface area (Å²) >= 11 is 6.36. The lowest BCUT2D eigenvalue weighted by atomic mass is 9.93. The second-order valence-electron chi connectivity index (χ2n) is 13.5. The summed E-state index contributed by atoms with van der Waals surface area (Å²) in [7, 11) is -3.82. The monoisotopic (exact) mass is 778 g/mol. The highest BCUT2D eigenvalue weighted by Crippen LogP contribution is 2.68. The summed E-state index contributed by atoms with van der Waals surface area (Å²) in [6.45, 7) is 1.97. The molecule has 278 valence electrons. The Labute approximate surface area is 302 Å². The fraction of sp³-hybridized carbons (Fsp3) is 0.343. The number of Topliss-reactive ketones (excluding diaryl/α,β-unsaturated/α-hetero) is 1. The van der Waals surface area contributed by atoms with Crippen molar-refractivity contribution in [2.75, 3.05) is 5.75 Å². The van der Waals surface area contributed by atoms with Crippen molar-refractivity contribution >= 4 is 44.2 Å². The molecule has 18 heteroatoms. The Balaban J connectivity index is 1.31. The van der Waals surface area contributed by atoms with E-state index in [-0.39, 0.29) is 56.9 Å². The van der Waals surface area contributed by atoms with E-state index in [0.717, 1.165) is 12.1 Å². The molecule has 3 aromatic heterocycles. The average Bonchev–Trinajstić information content (AvgIpc) is 3.48. The van der Waals surface area contributed by atoms with E-state index in [9.17, 15) is 35.6 Å². The minimum Gasteiger partial charge on any atom is -0.346 e. The minimum absolute atomic E-state index is 0.0281. The number of pyridine rings is 1. The van der Waals surface area contributed by atoms with Crippen LogP contribution < -0.4 is 5.32 Å². The number of alkyl halides is 4. The molecular formula is C35H29ClF6N6O4S. The highest BCUT2D eigenvalue weighted by molar-refractivity contribution is 7.92. The summed E-state index contributed by atoms with van der Waals surface area (Å²) in [5.41, 5.74) is -0.617. The molecule has 5 aromatic rings. The van der Waals surface area contributed by atoms with E-state index >= 15 is 8.78 Å². The number of hydrogen-bond acceptors (Lipinski definition) is 7. The number of fused-ring (bicyclic) bond motifs is 4. The molecule has 3 heterocycles. The van der Waals surface area contributed by atoms with E-state index in [1.165, 1.54) is 38.2 Å². The Morgan fingerprint density at radius 3 is 2.47 bits per heavy atom. The Hall–Kier alpha value is -4.77. The largest absolute Gasteiger partial charge is 0.346 e. The smallest absolute Gasteiger partial charge is 0.293 e. The summed E-state index contributed by atoms with van der Waals surface area (Å²) in [6.07, 6.45) is -2.08. The van der Waals surface area contributed by atoms with Gasteiger partial charge in [0, 0.05) is 28.7 Å². The quantitative estimate of drug-likeness (QED) is 0.103. The maximum atomic E-state index is 15.3. The molecule has 2 aliphatic rings. The normalized spacial score (nSPS) is 18.0. The van der Waals surface area contributed by atoms with Gasteiger partial charge in [0.1, 0.15) is 40.8 Å². The van der Waals surface area contributed by atoms with Crippen LogP contribution in [0, 0.1) is 17.6 Å². The lowest BCUT2D eigenvalue weighted by molar-refractivity contribution is -0.123. The van der Waals surface area contributed by atoms with Crippen LogP contribution in [0.3, 0.4) is 0 Å². The average molecular weight is 779 g/mol. The first-order valence-electron chi connectivity index (χ1n) is 16.3. The third-order valence-electron chi connectivity index (χ3n) is 9.57. The molecule has 53 heavy (non-hydrogen) atoms. The number of amides is 1. The van der Waals surface area contributed by atoms with Crippen molar-refractivity contribution in [1.29, 1.82) is 0 Å². The predicted octanol–water partition coefficient (Wildman–Crippen LogP) is 7.01. The Morgan fingerprint density at radius 2 is 1.79 bits per heavy atom. The van der Waals surface area contributed by atoms with Gasteiger partial charge in [0.2, 0.25) is 5.91 Å². The van der Waals surface area contributed by atoms with Crippen molar-refractivity contribution in [1.82, 2.24) is 30.3 Å². The fourth-order valence-corrected chi connectivity index (χ4v) is 7.94. The maximum absolute atomic E-state index is 15.3. The van der Waals surface area contributed by atoms with Gasteiger partial charge < -0.3 is 5.32 Å². The van der Waals surface area contributed by atoms with Crippen LogP contribution in [0.5, 0.6) is 0 Å². The lowest BCUT2D eigenvalue weighted by Crippen LogP contribution is -2.35. The molecule has 0 saturated heterocycles. The number of carbonyl (C=O) groups excluding carboxylic acids is 2. The van der Waals surface area contributed by atoms with Crippen molar-refractivity contribution in [2.45, 2.75) is 62.8 Å². The van der Waals surface area contributed by atoms with E-state index in [4.69, 9.17) is 11.6 Å². The van der Waals surface area contributed by atoms with Crippen molar-refractivity contribution in [2.24, 2.45) is 5.92 Å². The number of aromatic nitrogens is 5. The molecule has 3 atom stereocenters. The Kier molecular flexibility index (Phi) is 9.16. The van der Waals surface area contributed by atoms with Gasteiger partial charge >= 0.3 is 0 Å². The van der Waals surface area contributed by atoms with E-state index in [1.807, 2.05) is 0 Å². The van der Waals surface area contributed by atoms with Crippen molar-refractivity contribution < 1.29 is 44.3 Å². The van der Waals surface area contributed by atoms with E-state index in [0.29, 0.717) is 16.3 Å². The number of benzene rings is 2. The maximum Gasteiger partial charge on any atom is 0.293 e. The van der Waals surface area contributed by atoms with Crippen molar-refractivity contribution in [3.8, 4) is 11.1 Å². The van der Waals surface area contributed by atoms with Gasteiger partial charge in [-0.25, -0.2) is 31.0 Å². The standard InChI is InChI=1S/C35H29ClF6N6O4S/c1-15(2)53(51,52)14-28(49)22-8-17(3-4-24(22)36)20-11-25-27(12-43-46-25)45-31(20)26(7-16-5-18(37)9-19(38)6-16)44-29(50)13-48-33-30(32(47-48)34(39)40)21-10-23(21)35(33,41)42/h3-6,8-9,11-12,15,21,23,26,34H,7,10,13-14H2,1-2H3,(H,43,46)(H,44,50)/t21-,23?,26?/m0/s1.